The molecule has 1 heterocycles. The van der Waals surface area contributed by atoms with Crippen molar-refractivity contribution in [2.75, 3.05) is 6.54 Å². The molecule has 1 aliphatic carbocycles. The van der Waals surface area contributed by atoms with Crippen LogP contribution in [0.3, 0.4) is 0 Å². The van der Waals surface area contributed by atoms with E-state index < -0.39 is 17.5 Å². The van der Waals surface area contributed by atoms with Crippen LogP contribution < -0.4 is 15.4 Å². The van der Waals surface area contributed by atoms with Crippen LogP contribution in [-0.2, 0) is 16.1 Å². The Kier molecular flexibility index (Phi) is 5.15. The molecular weight excluding hydrogens is 389 g/mol. The molecule has 30 heavy (non-hydrogen) atoms. The zero-order chi connectivity index (χ0) is 21.3. The highest BCUT2D eigenvalue weighted by atomic mass is 19.1. The minimum atomic E-state index is -0.891. The van der Waals surface area contributed by atoms with Gasteiger partial charge in [-0.1, -0.05) is 12.1 Å². The number of halogens is 1. The lowest BCUT2D eigenvalue weighted by atomic mass is 9.96. The molecule has 156 valence electrons. The van der Waals surface area contributed by atoms with Crippen molar-refractivity contribution in [2.24, 2.45) is 5.92 Å². The van der Waals surface area contributed by atoms with Gasteiger partial charge in [0.1, 0.15) is 29.4 Å². The van der Waals surface area contributed by atoms with E-state index in [4.69, 9.17) is 4.74 Å². The molecule has 0 aromatic heterocycles. The Morgan fingerprint density at radius 3 is 2.33 bits per heavy atom. The van der Waals surface area contributed by atoms with E-state index >= 15 is 0 Å². The lowest BCUT2D eigenvalue weighted by Gasteiger charge is -2.20. The third kappa shape index (κ3) is 4.12. The van der Waals surface area contributed by atoms with E-state index in [0.717, 1.165) is 23.3 Å². The van der Waals surface area contributed by atoms with Crippen LogP contribution >= 0.6 is 0 Å². The molecule has 0 unspecified atom stereocenters. The predicted molar refractivity (Wildman–Crippen MR) is 106 cm³/mol. The number of imide groups is 1. The summed E-state index contributed by atoms with van der Waals surface area (Å²) in [7, 11) is 0. The van der Waals surface area contributed by atoms with E-state index in [9.17, 15) is 18.8 Å². The fourth-order valence-corrected chi connectivity index (χ4v) is 3.51. The molecule has 0 radical (unpaired) electrons. The van der Waals surface area contributed by atoms with Gasteiger partial charge in [-0.2, -0.15) is 0 Å². The maximum Gasteiger partial charge on any atom is 0.325 e. The second-order valence-electron chi connectivity index (χ2n) is 7.77. The number of urea groups is 1. The fourth-order valence-electron chi connectivity index (χ4n) is 3.51. The molecule has 0 spiro atoms. The van der Waals surface area contributed by atoms with Gasteiger partial charge in [0.25, 0.3) is 5.91 Å². The van der Waals surface area contributed by atoms with Crippen LogP contribution in [0.1, 0.15) is 25.3 Å². The number of carbonyl (C=O) groups is 3. The van der Waals surface area contributed by atoms with E-state index in [1.807, 2.05) is 0 Å². The first-order valence-electron chi connectivity index (χ1n) is 9.78. The zero-order valence-electron chi connectivity index (χ0n) is 16.5. The predicted octanol–water partition coefficient (Wildman–Crippen LogP) is 2.95. The molecule has 1 saturated heterocycles. The number of hydrogen-bond acceptors (Lipinski definition) is 4. The Morgan fingerprint density at radius 1 is 1.13 bits per heavy atom. The Bertz CT molecular complexity index is 973. The van der Waals surface area contributed by atoms with E-state index in [2.05, 4.69) is 10.6 Å². The minimum Gasteiger partial charge on any atom is -0.457 e. The number of amides is 4. The van der Waals surface area contributed by atoms with Crippen molar-refractivity contribution in [3.05, 3.63) is 59.9 Å². The van der Waals surface area contributed by atoms with Crippen molar-refractivity contribution < 1.29 is 23.5 Å². The average molecular weight is 411 g/mol. The van der Waals surface area contributed by atoms with E-state index in [-0.39, 0.29) is 30.7 Å². The van der Waals surface area contributed by atoms with E-state index in [1.54, 1.807) is 31.2 Å². The number of rotatable bonds is 7. The van der Waals surface area contributed by atoms with Gasteiger partial charge in [0, 0.05) is 6.54 Å². The summed E-state index contributed by atoms with van der Waals surface area (Å²) in [6, 6.07) is 12.2. The standard InChI is InChI=1S/C22H22FN3O4/c1-22(15-4-5-15)20(28)26(21(29)25-22)13-19(27)24-12-14-2-8-17(9-3-14)30-18-10-6-16(23)7-11-18/h2-3,6-11,15H,4-5,12-13H2,1H3,(H,24,27)(H,25,29)/t22-/m0/s1. The average Bonchev–Trinajstić information content (AvgIpc) is 3.55. The molecule has 7 nitrogen and oxygen atoms in total. The quantitative estimate of drug-likeness (QED) is 0.686. The summed E-state index contributed by atoms with van der Waals surface area (Å²) in [5, 5.41) is 5.44. The van der Waals surface area contributed by atoms with Crippen molar-refractivity contribution in [1.82, 2.24) is 15.5 Å². The normalized spacial score (nSPS) is 20.8. The molecule has 1 atom stereocenters. The Morgan fingerprint density at radius 2 is 1.73 bits per heavy atom. The summed E-state index contributed by atoms with van der Waals surface area (Å²) in [5.74, 6) is 0.161. The highest BCUT2D eigenvalue weighted by molar-refractivity contribution is 6.09. The van der Waals surface area contributed by atoms with E-state index in [1.165, 1.54) is 24.3 Å². The van der Waals surface area contributed by atoms with Gasteiger partial charge >= 0.3 is 6.03 Å². The van der Waals surface area contributed by atoms with Gasteiger partial charge in [0.15, 0.2) is 0 Å². The molecule has 2 aromatic carbocycles. The molecule has 1 saturated carbocycles. The number of hydrogen-bond donors (Lipinski definition) is 2. The zero-order valence-corrected chi connectivity index (χ0v) is 16.5. The summed E-state index contributed by atoms with van der Waals surface area (Å²) in [6.07, 6.45) is 1.81. The molecule has 2 aliphatic rings. The van der Waals surface area contributed by atoms with Crippen LogP contribution in [0.2, 0.25) is 0 Å². The summed E-state index contributed by atoms with van der Waals surface area (Å²) >= 11 is 0. The highest BCUT2D eigenvalue weighted by Crippen LogP contribution is 2.42. The molecule has 2 fully saturated rings. The molecular formula is C22H22FN3O4. The lowest BCUT2D eigenvalue weighted by molar-refractivity contribution is -0.135. The summed E-state index contributed by atoms with van der Waals surface area (Å²) in [5.41, 5.74) is -0.0626. The van der Waals surface area contributed by atoms with Gasteiger partial charge < -0.3 is 15.4 Å². The molecule has 8 heteroatoms. The van der Waals surface area contributed by atoms with Gasteiger partial charge in [0.2, 0.25) is 5.91 Å². The number of nitrogens with one attached hydrogen (secondary N) is 2. The van der Waals surface area contributed by atoms with Gasteiger partial charge in [-0.3, -0.25) is 14.5 Å². The van der Waals surface area contributed by atoms with Gasteiger partial charge in [-0.15, -0.1) is 0 Å². The Balaban J connectivity index is 1.28. The largest absolute Gasteiger partial charge is 0.457 e. The number of carbonyl (C=O) groups excluding carboxylic acids is 3. The molecule has 4 amide bonds. The number of benzene rings is 2. The number of nitrogens with zero attached hydrogens (tertiary/aromatic N) is 1. The van der Waals surface area contributed by atoms with E-state index in [0.29, 0.717) is 11.5 Å². The Hall–Kier alpha value is -3.42. The highest BCUT2D eigenvalue weighted by Gasteiger charge is 2.56. The maximum absolute atomic E-state index is 12.9. The van der Waals surface area contributed by atoms with Crippen molar-refractivity contribution in [3.8, 4) is 11.5 Å². The second kappa shape index (κ2) is 7.78. The third-order valence-electron chi connectivity index (χ3n) is 5.46. The van der Waals surface area contributed by atoms with Crippen molar-refractivity contribution in [2.45, 2.75) is 31.8 Å². The third-order valence-corrected chi connectivity index (χ3v) is 5.46. The Labute approximate surface area is 173 Å². The molecule has 2 N–H and O–H groups in total. The minimum absolute atomic E-state index is 0.151. The SMILES string of the molecule is C[C@@]1(C2CC2)NC(=O)N(CC(=O)NCc2ccc(Oc3ccc(F)cc3)cc2)C1=O. The monoisotopic (exact) mass is 411 g/mol. The number of ether oxygens (including phenoxy) is 1. The molecule has 0 bridgehead atoms. The van der Waals surface area contributed by atoms with Gasteiger partial charge in [0.05, 0.1) is 0 Å². The van der Waals surface area contributed by atoms with Crippen LogP contribution in [0.4, 0.5) is 9.18 Å². The first-order valence-corrected chi connectivity index (χ1v) is 9.78. The first kappa shape index (κ1) is 19.9. The van der Waals surface area contributed by atoms with Crippen molar-refractivity contribution >= 4 is 17.8 Å². The van der Waals surface area contributed by atoms with Crippen molar-refractivity contribution in [1.29, 1.82) is 0 Å². The first-order chi connectivity index (χ1) is 14.3. The van der Waals surface area contributed by atoms with Crippen molar-refractivity contribution in [3.63, 3.8) is 0 Å². The lowest BCUT2D eigenvalue weighted by Crippen LogP contribution is -2.46. The van der Waals surface area contributed by atoms with Crippen LogP contribution in [-0.4, -0.2) is 34.8 Å². The van der Waals surface area contributed by atoms with Crippen LogP contribution in [0.25, 0.3) is 0 Å². The van der Waals surface area contributed by atoms with Crippen LogP contribution in [0.5, 0.6) is 11.5 Å². The van der Waals surface area contributed by atoms with Gasteiger partial charge in [-0.05, 0) is 67.6 Å². The smallest absolute Gasteiger partial charge is 0.325 e. The summed E-state index contributed by atoms with van der Waals surface area (Å²) in [6.45, 7) is 1.66. The molecule has 1 aliphatic heterocycles. The van der Waals surface area contributed by atoms with Crippen LogP contribution in [0, 0.1) is 11.7 Å². The summed E-state index contributed by atoms with van der Waals surface area (Å²) in [4.78, 5) is 37.9. The second-order valence-corrected chi connectivity index (χ2v) is 7.77. The van der Waals surface area contributed by atoms with Gasteiger partial charge in [-0.25, -0.2) is 9.18 Å². The fraction of sp³-hybridized carbons (Fsp3) is 0.318. The van der Waals surface area contributed by atoms with Crippen LogP contribution in [0.15, 0.2) is 48.5 Å². The molecule has 4 rings (SSSR count). The topological polar surface area (TPSA) is 87.7 Å². The summed E-state index contributed by atoms with van der Waals surface area (Å²) < 4.78 is 18.6. The molecule has 2 aromatic rings. The maximum atomic E-state index is 12.9.